The Morgan fingerprint density at radius 2 is 0.769 bits per heavy atom. The Bertz CT molecular complexity index is 569. The maximum Gasteiger partial charge on any atom is 0.372 e. The van der Waals surface area contributed by atoms with Crippen LogP contribution in [0.2, 0.25) is 0 Å². The molecule has 0 aromatic carbocycles. The molecule has 0 amide bonds. The molecule has 2 rings (SSSR count). The summed E-state index contributed by atoms with van der Waals surface area (Å²) in [5.74, 6) is -10.4. The van der Waals surface area contributed by atoms with Crippen molar-refractivity contribution in [3.05, 3.63) is 0 Å². The molecule has 4 unspecified atom stereocenters. The van der Waals surface area contributed by atoms with Crippen molar-refractivity contribution in [3.63, 3.8) is 0 Å². The summed E-state index contributed by atoms with van der Waals surface area (Å²) < 4.78 is 0. The van der Waals surface area contributed by atoms with Crippen molar-refractivity contribution in [2.45, 2.75) is 38.5 Å². The number of aliphatic carboxylic acids is 4. The molecule has 26 heavy (non-hydrogen) atoms. The second-order valence-corrected chi connectivity index (χ2v) is 6.30. The molecule has 2 fully saturated rings. The lowest BCUT2D eigenvalue weighted by molar-refractivity contribution is -0.154. The molecule has 0 aliphatic heterocycles. The van der Waals surface area contributed by atoms with Crippen molar-refractivity contribution in [2.24, 2.45) is 23.7 Å². The summed E-state index contributed by atoms with van der Waals surface area (Å²) in [6.45, 7) is 0. The van der Waals surface area contributed by atoms with Crippen molar-refractivity contribution >= 4 is 35.4 Å². The summed E-state index contributed by atoms with van der Waals surface area (Å²) in [5.41, 5.74) is 0. The van der Waals surface area contributed by atoms with Crippen LogP contribution in [0.15, 0.2) is 0 Å². The van der Waals surface area contributed by atoms with Gasteiger partial charge >= 0.3 is 23.9 Å². The van der Waals surface area contributed by atoms with E-state index in [1.807, 2.05) is 0 Å². The first kappa shape index (κ1) is 21.3. The van der Waals surface area contributed by atoms with E-state index in [9.17, 15) is 28.8 Å². The van der Waals surface area contributed by atoms with Crippen molar-refractivity contribution < 1.29 is 49.2 Å². The second kappa shape index (κ2) is 9.07. The highest BCUT2D eigenvalue weighted by atomic mass is 16.4. The predicted octanol–water partition coefficient (Wildman–Crippen LogP) is 0.282. The van der Waals surface area contributed by atoms with Crippen LogP contribution in [0.5, 0.6) is 0 Å². The van der Waals surface area contributed by atoms with Crippen molar-refractivity contribution in [2.75, 3.05) is 0 Å². The average molecular weight is 372 g/mol. The predicted molar refractivity (Wildman–Crippen MR) is 82.2 cm³/mol. The van der Waals surface area contributed by atoms with Crippen LogP contribution in [-0.2, 0) is 28.8 Å². The van der Waals surface area contributed by atoms with E-state index in [2.05, 4.69) is 0 Å². The van der Waals surface area contributed by atoms with Gasteiger partial charge in [0.1, 0.15) is 0 Å². The van der Waals surface area contributed by atoms with Crippen LogP contribution in [0.1, 0.15) is 38.5 Å². The number of carbonyl (C=O) groups excluding carboxylic acids is 2. The fourth-order valence-corrected chi connectivity index (χ4v) is 3.46. The Hall–Kier alpha value is -2.78. The monoisotopic (exact) mass is 372 g/mol. The van der Waals surface area contributed by atoms with E-state index in [0.717, 1.165) is 0 Å². The van der Waals surface area contributed by atoms with Crippen LogP contribution >= 0.6 is 0 Å². The first-order valence-corrected chi connectivity index (χ1v) is 8.07. The summed E-state index contributed by atoms with van der Waals surface area (Å²) in [6.07, 6.45) is 2.78. The number of hydrogen-bond donors (Lipinski definition) is 4. The molecule has 2 aliphatic carbocycles. The van der Waals surface area contributed by atoms with Crippen molar-refractivity contribution in [1.82, 2.24) is 0 Å². The van der Waals surface area contributed by atoms with Crippen LogP contribution < -0.4 is 0 Å². The topological polar surface area (TPSA) is 183 Å². The Balaban J connectivity index is 0.000000260. The molecule has 2 aliphatic rings. The minimum Gasteiger partial charge on any atom is -0.481 e. The van der Waals surface area contributed by atoms with Gasteiger partial charge in [0.25, 0.3) is 0 Å². The van der Waals surface area contributed by atoms with Gasteiger partial charge in [-0.1, -0.05) is 12.8 Å². The third-order valence-corrected chi connectivity index (χ3v) is 4.76. The number of Topliss-reactive ketones (excluding diaryl/α,β-unsaturated/α-hetero) is 2. The zero-order chi connectivity index (χ0) is 20.0. The molecule has 144 valence electrons. The minimum atomic E-state index is -1.53. The number of carbonyl (C=O) groups is 6. The molecular weight excluding hydrogens is 352 g/mol. The van der Waals surface area contributed by atoms with Crippen LogP contribution in [0.3, 0.4) is 0 Å². The lowest BCUT2D eigenvalue weighted by Crippen LogP contribution is -2.30. The normalized spacial score (nSPS) is 27.1. The number of ketones is 2. The van der Waals surface area contributed by atoms with Crippen LogP contribution in [0.25, 0.3) is 0 Å². The molecule has 0 aromatic rings. The van der Waals surface area contributed by atoms with E-state index in [1.54, 1.807) is 0 Å². The molecule has 4 N–H and O–H groups in total. The van der Waals surface area contributed by atoms with Gasteiger partial charge in [-0.3, -0.25) is 19.2 Å². The highest BCUT2D eigenvalue weighted by Gasteiger charge is 2.41. The lowest BCUT2D eigenvalue weighted by Gasteiger charge is -2.10. The van der Waals surface area contributed by atoms with Gasteiger partial charge in [-0.05, 0) is 25.7 Å². The average Bonchev–Trinajstić information content (AvgIpc) is 3.22. The van der Waals surface area contributed by atoms with Crippen molar-refractivity contribution in [1.29, 1.82) is 0 Å². The van der Waals surface area contributed by atoms with E-state index in [0.29, 0.717) is 38.5 Å². The van der Waals surface area contributed by atoms with Gasteiger partial charge < -0.3 is 20.4 Å². The Morgan fingerprint density at radius 3 is 1.00 bits per heavy atom. The molecule has 0 saturated heterocycles. The smallest absolute Gasteiger partial charge is 0.372 e. The van der Waals surface area contributed by atoms with E-state index >= 15 is 0 Å². The highest BCUT2D eigenvalue weighted by Crippen LogP contribution is 2.33. The molecular formula is C16H20O10. The zero-order valence-electron chi connectivity index (χ0n) is 13.8. The fourth-order valence-electron chi connectivity index (χ4n) is 3.46. The maximum atomic E-state index is 11.0. The molecule has 0 spiro atoms. The van der Waals surface area contributed by atoms with Gasteiger partial charge in [-0.2, -0.15) is 0 Å². The van der Waals surface area contributed by atoms with Gasteiger partial charge in [0.2, 0.25) is 11.6 Å². The molecule has 0 heterocycles. The molecule has 0 bridgehead atoms. The van der Waals surface area contributed by atoms with E-state index in [1.165, 1.54) is 0 Å². The first-order valence-electron chi connectivity index (χ1n) is 8.07. The first-order chi connectivity index (χ1) is 12.1. The SMILES string of the molecule is O=C(O)C(=O)C1CCCC1C(=O)O.O=C(O)C(=O)C1CCCC1C(=O)O. The van der Waals surface area contributed by atoms with Gasteiger partial charge in [0.15, 0.2) is 0 Å². The third kappa shape index (κ3) is 5.11. The third-order valence-electron chi connectivity index (χ3n) is 4.76. The summed E-state index contributed by atoms with van der Waals surface area (Å²) in [4.78, 5) is 63.8. The Labute approximate surface area is 147 Å². The molecule has 0 aromatic heterocycles. The fraction of sp³-hybridized carbons (Fsp3) is 0.625. The van der Waals surface area contributed by atoms with Crippen LogP contribution in [0, 0.1) is 23.7 Å². The van der Waals surface area contributed by atoms with E-state index in [4.69, 9.17) is 20.4 Å². The van der Waals surface area contributed by atoms with Crippen LogP contribution in [-0.4, -0.2) is 55.9 Å². The minimum absolute atomic E-state index is 0.377. The van der Waals surface area contributed by atoms with Gasteiger partial charge in [0.05, 0.1) is 11.8 Å². The van der Waals surface area contributed by atoms with E-state index in [-0.39, 0.29) is 0 Å². The second-order valence-electron chi connectivity index (χ2n) is 6.30. The summed E-state index contributed by atoms with van der Waals surface area (Å²) >= 11 is 0. The molecule has 2 saturated carbocycles. The Morgan fingerprint density at radius 1 is 0.500 bits per heavy atom. The summed E-state index contributed by atoms with van der Waals surface area (Å²) in [6, 6.07) is 0. The molecule has 10 nitrogen and oxygen atoms in total. The summed E-state index contributed by atoms with van der Waals surface area (Å²) in [5, 5.41) is 34.1. The van der Waals surface area contributed by atoms with Crippen LogP contribution in [0.4, 0.5) is 0 Å². The standard InChI is InChI=1S/2C8H10O5/c2*9-6(8(12)13)4-2-1-3-5(4)7(10)11/h2*4-5H,1-3H2,(H,10,11)(H,12,13). The highest BCUT2D eigenvalue weighted by molar-refractivity contribution is 6.34. The summed E-state index contributed by atoms with van der Waals surface area (Å²) in [7, 11) is 0. The zero-order valence-corrected chi connectivity index (χ0v) is 13.8. The van der Waals surface area contributed by atoms with E-state index < -0.39 is 59.1 Å². The molecule has 4 atom stereocenters. The molecule has 10 heteroatoms. The molecule has 0 radical (unpaired) electrons. The van der Waals surface area contributed by atoms with Gasteiger partial charge in [0, 0.05) is 11.8 Å². The Kier molecular flexibility index (Phi) is 7.41. The quantitative estimate of drug-likeness (QED) is 0.472. The maximum absolute atomic E-state index is 11.0. The largest absolute Gasteiger partial charge is 0.481 e. The number of rotatable bonds is 6. The van der Waals surface area contributed by atoms with Crippen molar-refractivity contribution in [3.8, 4) is 0 Å². The number of carboxylic acid groups (broad SMARTS) is 4. The lowest BCUT2D eigenvalue weighted by atomic mass is 9.92. The van der Waals surface area contributed by atoms with Gasteiger partial charge in [-0.25, -0.2) is 9.59 Å². The number of carboxylic acids is 4. The van der Waals surface area contributed by atoms with Gasteiger partial charge in [-0.15, -0.1) is 0 Å². The number of hydrogen-bond acceptors (Lipinski definition) is 6.